The minimum Gasteiger partial charge on any atom is -0.480 e. The summed E-state index contributed by atoms with van der Waals surface area (Å²) < 4.78 is 20.2. The number of ether oxygens (including phenoxy) is 1. The molecular formula is C13H12BrClFNOS. The van der Waals surface area contributed by atoms with Crippen LogP contribution >= 0.6 is 38.9 Å². The van der Waals surface area contributed by atoms with Gasteiger partial charge in [0, 0.05) is 9.85 Å². The normalized spacial score (nSPS) is 12.4. The maximum Gasteiger partial charge on any atom is 0.165 e. The van der Waals surface area contributed by atoms with Crippen molar-refractivity contribution in [2.24, 2.45) is 0 Å². The maximum atomic E-state index is 13.7. The van der Waals surface area contributed by atoms with Crippen LogP contribution in [-0.2, 0) is 5.88 Å². The van der Waals surface area contributed by atoms with Gasteiger partial charge in [-0.25, -0.2) is 9.37 Å². The van der Waals surface area contributed by atoms with Gasteiger partial charge in [-0.2, -0.15) is 0 Å². The van der Waals surface area contributed by atoms with E-state index < -0.39 is 0 Å². The van der Waals surface area contributed by atoms with Crippen LogP contribution in [0.3, 0.4) is 0 Å². The topological polar surface area (TPSA) is 22.1 Å². The second-order valence-electron chi connectivity index (χ2n) is 3.90. The maximum absolute atomic E-state index is 13.7. The molecule has 0 spiro atoms. The monoisotopic (exact) mass is 363 g/mol. The minimum absolute atomic E-state index is 0.226. The molecule has 6 heteroatoms. The lowest BCUT2D eigenvalue weighted by molar-refractivity contribution is 0.191. The van der Waals surface area contributed by atoms with Gasteiger partial charge in [-0.3, -0.25) is 0 Å². The zero-order valence-electron chi connectivity index (χ0n) is 10.2. The van der Waals surface area contributed by atoms with E-state index >= 15 is 0 Å². The van der Waals surface area contributed by atoms with Crippen molar-refractivity contribution in [3.63, 3.8) is 0 Å². The first-order valence-corrected chi connectivity index (χ1v) is 7.96. The van der Waals surface area contributed by atoms with Crippen LogP contribution in [0, 0.1) is 5.82 Å². The molecule has 0 aliphatic carbocycles. The molecule has 2 nitrogen and oxygen atoms in total. The lowest BCUT2D eigenvalue weighted by Crippen LogP contribution is -2.07. The third kappa shape index (κ3) is 3.68. The van der Waals surface area contributed by atoms with E-state index in [1.54, 1.807) is 12.1 Å². The van der Waals surface area contributed by atoms with E-state index in [4.69, 9.17) is 16.3 Å². The molecule has 2 aromatic rings. The minimum atomic E-state index is -0.379. The molecule has 1 heterocycles. The van der Waals surface area contributed by atoms with Gasteiger partial charge >= 0.3 is 0 Å². The number of hydrogen-bond acceptors (Lipinski definition) is 3. The Labute approximate surface area is 128 Å². The van der Waals surface area contributed by atoms with E-state index in [0.29, 0.717) is 12.3 Å². The predicted molar refractivity (Wildman–Crippen MR) is 79.4 cm³/mol. The number of rotatable bonds is 5. The van der Waals surface area contributed by atoms with Gasteiger partial charge in [0.25, 0.3) is 0 Å². The molecular weight excluding hydrogens is 353 g/mol. The molecule has 0 aliphatic heterocycles. The number of benzene rings is 1. The summed E-state index contributed by atoms with van der Waals surface area (Å²) in [5.41, 5.74) is 0.818. The molecule has 0 amide bonds. The molecule has 102 valence electrons. The van der Waals surface area contributed by atoms with Crippen molar-refractivity contribution in [3.05, 3.63) is 44.6 Å². The summed E-state index contributed by atoms with van der Waals surface area (Å²) >= 11 is 10.5. The summed E-state index contributed by atoms with van der Waals surface area (Å²) in [5, 5.41) is 2.71. The average molecular weight is 365 g/mol. The lowest BCUT2D eigenvalue weighted by atomic mass is 10.2. The SMILES string of the molecule is CCC(Oc1cc(Br)ccc1F)c1nc(CCl)cs1. The highest BCUT2D eigenvalue weighted by atomic mass is 79.9. The molecule has 0 saturated carbocycles. The first kappa shape index (κ1) is 14.8. The van der Waals surface area contributed by atoms with Crippen molar-refractivity contribution in [1.82, 2.24) is 4.98 Å². The van der Waals surface area contributed by atoms with Crippen LogP contribution in [0.25, 0.3) is 0 Å². The Morgan fingerprint density at radius 3 is 2.95 bits per heavy atom. The van der Waals surface area contributed by atoms with Crippen molar-refractivity contribution < 1.29 is 9.13 Å². The lowest BCUT2D eigenvalue weighted by Gasteiger charge is -2.16. The van der Waals surface area contributed by atoms with E-state index in [1.807, 2.05) is 12.3 Å². The standard InChI is InChI=1S/C13H12BrClFNOS/c1-2-11(13-17-9(6-15)7-19-13)18-12-5-8(14)3-4-10(12)16/h3-5,7,11H,2,6H2,1H3. The van der Waals surface area contributed by atoms with Crippen LogP contribution in [-0.4, -0.2) is 4.98 Å². The summed E-state index contributed by atoms with van der Waals surface area (Å²) in [7, 11) is 0. The molecule has 0 fully saturated rings. The van der Waals surface area contributed by atoms with E-state index in [0.717, 1.165) is 15.2 Å². The van der Waals surface area contributed by atoms with E-state index in [9.17, 15) is 4.39 Å². The van der Waals surface area contributed by atoms with Gasteiger partial charge in [-0.15, -0.1) is 22.9 Å². The van der Waals surface area contributed by atoms with E-state index in [1.165, 1.54) is 17.4 Å². The average Bonchev–Trinajstić information content (AvgIpc) is 2.88. The molecule has 2 rings (SSSR count). The van der Waals surface area contributed by atoms with Gasteiger partial charge in [0.05, 0.1) is 11.6 Å². The van der Waals surface area contributed by atoms with Gasteiger partial charge in [0.1, 0.15) is 11.1 Å². The summed E-state index contributed by atoms with van der Waals surface area (Å²) in [4.78, 5) is 4.38. The molecule has 1 aromatic heterocycles. The molecule has 1 unspecified atom stereocenters. The molecule has 1 aromatic carbocycles. The van der Waals surface area contributed by atoms with E-state index in [-0.39, 0.29) is 17.7 Å². The fraction of sp³-hybridized carbons (Fsp3) is 0.308. The zero-order chi connectivity index (χ0) is 13.8. The van der Waals surface area contributed by atoms with Gasteiger partial charge in [-0.05, 0) is 24.6 Å². The Hall–Kier alpha value is -0.650. The van der Waals surface area contributed by atoms with Gasteiger partial charge in [0.2, 0.25) is 0 Å². The zero-order valence-corrected chi connectivity index (χ0v) is 13.4. The fourth-order valence-electron chi connectivity index (χ4n) is 1.56. The summed E-state index contributed by atoms with van der Waals surface area (Å²) in [5.74, 6) is 0.220. The van der Waals surface area contributed by atoms with Gasteiger partial charge < -0.3 is 4.74 Å². The number of nitrogens with zero attached hydrogens (tertiary/aromatic N) is 1. The van der Waals surface area contributed by atoms with E-state index in [2.05, 4.69) is 20.9 Å². The highest BCUT2D eigenvalue weighted by Crippen LogP contribution is 2.30. The third-order valence-electron chi connectivity index (χ3n) is 2.52. The largest absolute Gasteiger partial charge is 0.480 e. The highest BCUT2D eigenvalue weighted by molar-refractivity contribution is 9.10. The molecule has 19 heavy (non-hydrogen) atoms. The molecule has 0 aliphatic rings. The van der Waals surface area contributed by atoms with Crippen molar-refractivity contribution in [2.75, 3.05) is 0 Å². The highest BCUT2D eigenvalue weighted by Gasteiger charge is 2.17. The quantitative estimate of drug-likeness (QED) is 0.670. The van der Waals surface area contributed by atoms with Crippen LogP contribution in [0.1, 0.15) is 30.2 Å². The van der Waals surface area contributed by atoms with Crippen molar-refractivity contribution in [3.8, 4) is 5.75 Å². The predicted octanol–water partition coefficient (Wildman–Crippen LogP) is 5.31. The molecule has 0 saturated heterocycles. The molecule has 0 bridgehead atoms. The smallest absolute Gasteiger partial charge is 0.165 e. The molecule has 0 radical (unpaired) electrons. The fourth-order valence-corrected chi connectivity index (χ4v) is 3.06. The first-order chi connectivity index (χ1) is 9.13. The van der Waals surface area contributed by atoms with Crippen molar-refractivity contribution in [1.29, 1.82) is 0 Å². The number of hydrogen-bond donors (Lipinski definition) is 0. The Morgan fingerprint density at radius 1 is 1.53 bits per heavy atom. The van der Waals surface area contributed by atoms with Crippen LogP contribution in [0.5, 0.6) is 5.75 Å². The summed E-state index contributed by atoms with van der Waals surface area (Å²) in [6.45, 7) is 1.97. The van der Waals surface area contributed by atoms with Crippen molar-refractivity contribution >= 4 is 38.9 Å². The Bertz CT molecular complexity index is 563. The summed E-state index contributed by atoms with van der Waals surface area (Å²) in [6, 6.07) is 4.63. The van der Waals surface area contributed by atoms with Gasteiger partial charge in [-0.1, -0.05) is 22.9 Å². The van der Waals surface area contributed by atoms with Crippen LogP contribution in [0.2, 0.25) is 0 Å². The molecule has 1 atom stereocenters. The Kier molecular flexibility index (Phi) is 5.19. The second kappa shape index (κ2) is 6.68. The molecule has 0 N–H and O–H groups in total. The number of aromatic nitrogens is 1. The van der Waals surface area contributed by atoms with Crippen LogP contribution < -0.4 is 4.74 Å². The summed E-state index contributed by atoms with van der Waals surface area (Å²) in [6.07, 6.45) is 0.451. The Morgan fingerprint density at radius 2 is 2.32 bits per heavy atom. The van der Waals surface area contributed by atoms with Gasteiger partial charge in [0.15, 0.2) is 11.6 Å². The van der Waals surface area contributed by atoms with Crippen molar-refractivity contribution in [2.45, 2.75) is 25.3 Å². The van der Waals surface area contributed by atoms with Crippen LogP contribution in [0.4, 0.5) is 4.39 Å². The number of halogens is 3. The first-order valence-electron chi connectivity index (χ1n) is 5.76. The number of alkyl halides is 1. The second-order valence-corrected chi connectivity index (χ2v) is 5.97. The Balaban J connectivity index is 2.21. The van der Waals surface area contributed by atoms with Crippen LogP contribution in [0.15, 0.2) is 28.1 Å². The third-order valence-corrected chi connectivity index (χ3v) is 4.27. The number of thiazole rings is 1.